The van der Waals surface area contributed by atoms with Gasteiger partial charge in [0, 0.05) is 45.0 Å². The molecule has 0 atom stereocenters. The molecular weight excluding hydrogens is 330 g/mol. The van der Waals surface area contributed by atoms with Gasteiger partial charge in [0.15, 0.2) is 0 Å². The van der Waals surface area contributed by atoms with E-state index in [2.05, 4.69) is 21.4 Å². The van der Waals surface area contributed by atoms with Crippen molar-refractivity contribution < 1.29 is 9.59 Å². The zero-order chi connectivity index (χ0) is 18.7. The summed E-state index contributed by atoms with van der Waals surface area (Å²) in [5, 5.41) is 3.16. The molecule has 1 fully saturated rings. The Hall–Kier alpha value is -2.96. The maximum Gasteiger partial charge on any atom is 0.272 e. The number of nitrogens with one attached hydrogen (secondary N) is 1. The molecule has 1 aliphatic heterocycles. The van der Waals surface area contributed by atoms with E-state index in [4.69, 9.17) is 0 Å². The van der Waals surface area contributed by atoms with Crippen LogP contribution in [0.25, 0.3) is 0 Å². The number of rotatable bonds is 3. The predicted molar refractivity (Wildman–Crippen MR) is 99.4 cm³/mol. The number of carbonyl (C=O) groups excluding carboxylic acids is 2. The highest BCUT2D eigenvalue weighted by atomic mass is 16.2. The molecule has 7 heteroatoms. The van der Waals surface area contributed by atoms with Crippen LogP contribution in [-0.4, -0.2) is 57.8 Å². The SMILES string of the molecule is CC(=O)N1CCN(C(=O)c2ccnc(Nc3cc(C)cc(C)c3)n2)CC1. The minimum absolute atomic E-state index is 0.0408. The molecule has 0 aliphatic carbocycles. The summed E-state index contributed by atoms with van der Waals surface area (Å²) in [5.41, 5.74) is 3.52. The minimum Gasteiger partial charge on any atom is -0.339 e. The molecule has 1 aliphatic rings. The summed E-state index contributed by atoms with van der Waals surface area (Å²) in [5.74, 6) is 0.293. The van der Waals surface area contributed by atoms with Gasteiger partial charge in [-0.15, -0.1) is 0 Å². The molecule has 2 heterocycles. The topological polar surface area (TPSA) is 78.4 Å². The minimum atomic E-state index is -0.140. The first-order valence-electron chi connectivity index (χ1n) is 8.65. The second-order valence-corrected chi connectivity index (χ2v) is 6.57. The second kappa shape index (κ2) is 7.51. The van der Waals surface area contributed by atoms with E-state index in [9.17, 15) is 9.59 Å². The largest absolute Gasteiger partial charge is 0.339 e. The first kappa shape index (κ1) is 17.8. The number of amides is 2. The van der Waals surface area contributed by atoms with E-state index in [-0.39, 0.29) is 11.8 Å². The lowest BCUT2D eigenvalue weighted by atomic mass is 10.1. The van der Waals surface area contributed by atoms with Crippen molar-refractivity contribution in [2.75, 3.05) is 31.5 Å². The highest BCUT2D eigenvalue weighted by molar-refractivity contribution is 5.92. The van der Waals surface area contributed by atoms with Crippen molar-refractivity contribution in [3.05, 3.63) is 47.3 Å². The van der Waals surface area contributed by atoms with E-state index >= 15 is 0 Å². The zero-order valence-corrected chi connectivity index (χ0v) is 15.3. The number of aryl methyl sites for hydroxylation is 2. The van der Waals surface area contributed by atoms with Crippen LogP contribution in [0.1, 0.15) is 28.5 Å². The number of hydrogen-bond acceptors (Lipinski definition) is 5. The average molecular weight is 353 g/mol. The van der Waals surface area contributed by atoms with Crippen molar-refractivity contribution in [2.45, 2.75) is 20.8 Å². The second-order valence-electron chi connectivity index (χ2n) is 6.57. The van der Waals surface area contributed by atoms with Gasteiger partial charge in [0.2, 0.25) is 11.9 Å². The standard InChI is InChI=1S/C19H23N5O2/c1-13-10-14(2)12-16(11-13)21-19-20-5-4-17(22-19)18(26)24-8-6-23(7-9-24)15(3)25/h4-5,10-12H,6-9H2,1-3H3,(H,20,21,22). The van der Waals surface area contributed by atoms with E-state index in [0.717, 1.165) is 16.8 Å². The third-order valence-corrected chi connectivity index (χ3v) is 4.36. The predicted octanol–water partition coefficient (Wildman–Crippen LogP) is 2.14. The lowest BCUT2D eigenvalue weighted by molar-refractivity contribution is -0.130. The van der Waals surface area contributed by atoms with E-state index < -0.39 is 0 Å². The zero-order valence-electron chi connectivity index (χ0n) is 15.3. The fourth-order valence-corrected chi connectivity index (χ4v) is 3.10. The van der Waals surface area contributed by atoms with Crippen LogP contribution in [0.3, 0.4) is 0 Å². The van der Waals surface area contributed by atoms with Crippen molar-refractivity contribution >= 4 is 23.5 Å². The molecule has 26 heavy (non-hydrogen) atoms. The average Bonchev–Trinajstić information content (AvgIpc) is 2.60. The van der Waals surface area contributed by atoms with E-state index in [0.29, 0.717) is 37.8 Å². The van der Waals surface area contributed by atoms with Gasteiger partial charge >= 0.3 is 0 Å². The summed E-state index contributed by atoms with van der Waals surface area (Å²) in [4.78, 5) is 36.1. The molecule has 2 aromatic rings. The van der Waals surface area contributed by atoms with Crippen LogP contribution in [0.5, 0.6) is 0 Å². The van der Waals surface area contributed by atoms with Crippen LogP contribution in [0.4, 0.5) is 11.6 Å². The van der Waals surface area contributed by atoms with Crippen LogP contribution < -0.4 is 5.32 Å². The molecule has 1 N–H and O–H groups in total. The Morgan fingerprint density at radius 3 is 2.23 bits per heavy atom. The molecule has 2 amide bonds. The number of aromatic nitrogens is 2. The number of hydrogen-bond donors (Lipinski definition) is 1. The maximum absolute atomic E-state index is 12.7. The Labute approximate surface area is 153 Å². The number of carbonyl (C=O) groups is 2. The van der Waals surface area contributed by atoms with Gasteiger partial charge in [-0.25, -0.2) is 9.97 Å². The molecule has 7 nitrogen and oxygen atoms in total. The Bertz CT molecular complexity index is 808. The smallest absolute Gasteiger partial charge is 0.272 e. The Kier molecular flexibility index (Phi) is 5.16. The van der Waals surface area contributed by atoms with Crippen LogP contribution >= 0.6 is 0 Å². The van der Waals surface area contributed by atoms with Gasteiger partial charge in [-0.1, -0.05) is 6.07 Å². The van der Waals surface area contributed by atoms with Crippen molar-refractivity contribution in [3.8, 4) is 0 Å². The third kappa shape index (κ3) is 4.17. The van der Waals surface area contributed by atoms with Gasteiger partial charge in [-0.05, 0) is 43.2 Å². The highest BCUT2D eigenvalue weighted by Gasteiger charge is 2.24. The van der Waals surface area contributed by atoms with Crippen molar-refractivity contribution in [3.63, 3.8) is 0 Å². The molecular formula is C19H23N5O2. The summed E-state index contributed by atoms with van der Waals surface area (Å²) in [6.07, 6.45) is 1.58. The first-order chi connectivity index (χ1) is 12.4. The van der Waals surface area contributed by atoms with E-state index in [1.54, 1.807) is 29.0 Å². The summed E-state index contributed by atoms with van der Waals surface area (Å²) in [6.45, 7) is 7.75. The summed E-state index contributed by atoms with van der Waals surface area (Å²) in [6, 6.07) is 7.72. The monoisotopic (exact) mass is 353 g/mol. The van der Waals surface area contributed by atoms with Crippen molar-refractivity contribution in [1.29, 1.82) is 0 Å². The Balaban J connectivity index is 1.71. The van der Waals surface area contributed by atoms with Gasteiger partial charge in [0.1, 0.15) is 5.69 Å². The molecule has 0 bridgehead atoms. The number of benzene rings is 1. The number of piperazine rings is 1. The fourth-order valence-electron chi connectivity index (χ4n) is 3.10. The van der Waals surface area contributed by atoms with Gasteiger partial charge in [0.05, 0.1) is 0 Å². The molecule has 1 saturated heterocycles. The lowest BCUT2D eigenvalue weighted by Crippen LogP contribution is -2.50. The number of nitrogens with zero attached hydrogens (tertiary/aromatic N) is 4. The molecule has 1 aromatic heterocycles. The molecule has 0 spiro atoms. The van der Waals surface area contributed by atoms with E-state index in [1.165, 1.54) is 0 Å². The maximum atomic E-state index is 12.7. The van der Waals surface area contributed by atoms with Crippen molar-refractivity contribution in [1.82, 2.24) is 19.8 Å². The summed E-state index contributed by atoms with van der Waals surface area (Å²) >= 11 is 0. The van der Waals surface area contributed by atoms with E-state index in [1.807, 2.05) is 26.0 Å². The molecule has 1 aromatic carbocycles. The van der Waals surface area contributed by atoms with Gasteiger partial charge in [0.25, 0.3) is 5.91 Å². The van der Waals surface area contributed by atoms with Crippen LogP contribution in [-0.2, 0) is 4.79 Å². The van der Waals surface area contributed by atoms with Crippen LogP contribution in [0.15, 0.2) is 30.5 Å². The molecule has 0 unspecified atom stereocenters. The van der Waals surface area contributed by atoms with Gasteiger partial charge < -0.3 is 15.1 Å². The molecule has 0 radical (unpaired) electrons. The Morgan fingerprint density at radius 1 is 1.00 bits per heavy atom. The van der Waals surface area contributed by atoms with Gasteiger partial charge in [-0.2, -0.15) is 0 Å². The molecule has 0 saturated carbocycles. The van der Waals surface area contributed by atoms with Crippen LogP contribution in [0.2, 0.25) is 0 Å². The lowest BCUT2D eigenvalue weighted by Gasteiger charge is -2.34. The summed E-state index contributed by atoms with van der Waals surface area (Å²) in [7, 11) is 0. The molecule has 136 valence electrons. The quantitative estimate of drug-likeness (QED) is 0.915. The third-order valence-electron chi connectivity index (χ3n) is 4.36. The summed E-state index contributed by atoms with van der Waals surface area (Å²) < 4.78 is 0. The van der Waals surface area contributed by atoms with Gasteiger partial charge in [-0.3, -0.25) is 9.59 Å². The Morgan fingerprint density at radius 2 is 1.62 bits per heavy atom. The molecule has 3 rings (SSSR count). The normalized spacial score (nSPS) is 14.3. The highest BCUT2D eigenvalue weighted by Crippen LogP contribution is 2.17. The number of anilines is 2. The van der Waals surface area contributed by atoms with Crippen LogP contribution in [0, 0.1) is 13.8 Å². The fraction of sp³-hybridized carbons (Fsp3) is 0.368. The first-order valence-corrected chi connectivity index (χ1v) is 8.65. The van der Waals surface area contributed by atoms with Crippen molar-refractivity contribution in [2.24, 2.45) is 0 Å².